The summed E-state index contributed by atoms with van der Waals surface area (Å²) in [4.78, 5) is 15.4. The van der Waals surface area contributed by atoms with Gasteiger partial charge in [-0.3, -0.25) is 14.8 Å². The van der Waals surface area contributed by atoms with E-state index in [0.717, 1.165) is 33.8 Å². The Hall–Kier alpha value is -4.05. The fourth-order valence-corrected chi connectivity index (χ4v) is 5.10. The van der Waals surface area contributed by atoms with E-state index in [1.165, 1.54) is 0 Å². The van der Waals surface area contributed by atoms with Gasteiger partial charge in [-0.05, 0) is 61.4 Å². The molecule has 4 aromatic rings. The monoisotopic (exact) mass is 590 g/mol. The predicted octanol–water partition coefficient (Wildman–Crippen LogP) is 5.92. The number of nitrogens with one attached hydrogen (secondary N) is 2. The Labute approximate surface area is 250 Å². The molecule has 0 saturated heterocycles. The Morgan fingerprint density at radius 3 is 2.62 bits per heavy atom. The maximum Gasteiger partial charge on any atom is 0.238 e. The maximum absolute atomic E-state index is 13.3. The van der Waals surface area contributed by atoms with Gasteiger partial charge in [0.2, 0.25) is 5.91 Å². The number of fused-ring (bicyclic) bond motifs is 2. The van der Waals surface area contributed by atoms with E-state index < -0.39 is 0 Å². The van der Waals surface area contributed by atoms with Crippen LogP contribution < -0.4 is 19.5 Å². The van der Waals surface area contributed by atoms with Gasteiger partial charge in [0.25, 0.3) is 0 Å². The normalized spacial score (nSPS) is 14.8. The molecule has 1 aliphatic heterocycles. The molecule has 0 atom stereocenters. The predicted molar refractivity (Wildman–Crippen MR) is 162 cm³/mol. The molecule has 0 radical (unpaired) electrons. The molecule has 1 aliphatic rings. The fourth-order valence-electron chi connectivity index (χ4n) is 4.93. The molecule has 220 valence electrons. The van der Waals surface area contributed by atoms with Crippen molar-refractivity contribution in [3.63, 3.8) is 0 Å². The van der Waals surface area contributed by atoms with Gasteiger partial charge in [0.05, 0.1) is 38.2 Å². The van der Waals surface area contributed by atoms with Crippen molar-refractivity contribution >= 4 is 23.2 Å². The smallest absolute Gasteiger partial charge is 0.238 e. The summed E-state index contributed by atoms with van der Waals surface area (Å²) >= 11 is 6.29. The number of carbonyl (C=O) groups is 1. The third-order valence-electron chi connectivity index (χ3n) is 7.09. The molecule has 2 N–H and O–H groups in total. The lowest BCUT2D eigenvalue weighted by Gasteiger charge is -2.23. The lowest BCUT2D eigenvalue weighted by atomic mass is 10.00. The molecule has 0 aliphatic carbocycles. The van der Waals surface area contributed by atoms with Crippen molar-refractivity contribution in [1.29, 1.82) is 0 Å². The molecule has 1 amide bonds. The number of hydrogen-bond acceptors (Lipinski definition) is 7. The largest absolute Gasteiger partial charge is 0.496 e. The summed E-state index contributed by atoms with van der Waals surface area (Å²) in [6, 6.07) is 18.7. The van der Waals surface area contributed by atoms with Crippen molar-refractivity contribution in [3.8, 4) is 23.0 Å². The molecule has 1 aromatic heterocycles. The van der Waals surface area contributed by atoms with Crippen LogP contribution in [0.3, 0.4) is 0 Å². The first-order chi connectivity index (χ1) is 20.4. The highest BCUT2D eigenvalue weighted by Gasteiger charge is 2.18. The molecule has 9 nitrogen and oxygen atoms in total. The average molecular weight is 591 g/mol. The van der Waals surface area contributed by atoms with Gasteiger partial charge in [0, 0.05) is 35.8 Å². The van der Waals surface area contributed by atoms with E-state index in [-0.39, 0.29) is 12.5 Å². The molecule has 0 saturated carbocycles. The number of anilines is 1. The number of aromatic nitrogens is 2. The molecule has 42 heavy (non-hydrogen) atoms. The van der Waals surface area contributed by atoms with Gasteiger partial charge in [-0.15, -0.1) is 0 Å². The zero-order valence-electron chi connectivity index (χ0n) is 24.0. The SMILES string of the molecule is COc1ccc(CN2CCOCCOc3ccccc3Oc3ccc(Cl)cc3NC(=O)C2)cc1Cc1c(C)n[nH]c1C. The second-order valence-corrected chi connectivity index (χ2v) is 10.6. The summed E-state index contributed by atoms with van der Waals surface area (Å²) in [6.45, 7) is 6.44. The summed E-state index contributed by atoms with van der Waals surface area (Å²) in [5.41, 5.74) is 5.74. The number of methoxy groups -OCH3 is 1. The number of aryl methyl sites for hydroxylation is 2. The Bertz CT molecular complexity index is 1520. The number of hydrogen-bond donors (Lipinski definition) is 2. The van der Waals surface area contributed by atoms with E-state index in [1.807, 2.05) is 50.2 Å². The zero-order chi connectivity index (χ0) is 29.5. The molecule has 2 heterocycles. The summed E-state index contributed by atoms with van der Waals surface area (Å²) < 4.78 is 23.7. The number of nitrogens with zero attached hydrogens (tertiary/aromatic N) is 2. The number of H-pyrrole nitrogens is 1. The number of amides is 1. The van der Waals surface area contributed by atoms with Crippen LogP contribution in [0, 0.1) is 13.8 Å². The van der Waals surface area contributed by atoms with E-state index in [0.29, 0.717) is 67.3 Å². The van der Waals surface area contributed by atoms with Gasteiger partial charge in [0.1, 0.15) is 12.4 Å². The summed E-state index contributed by atoms with van der Waals surface area (Å²) in [6.07, 6.45) is 0.689. The van der Waals surface area contributed by atoms with Crippen LogP contribution in [0.25, 0.3) is 0 Å². The minimum Gasteiger partial charge on any atom is -0.496 e. The first-order valence-electron chi connectivity index (χ1n) is 13.8. The standard InChI is InChI=1S/C32H35ClN4O5/c1-21-26(22(2)36-35-21)17-24-16-23(8-10-28(24)39-3)19-37-12-13-40-14-15-41-30-6-4-5-7-31(30)42-29-11-9-25(33)18-27(29)34-32(38)20-37/h4-11,16,18H,12-15,17,19-20H2,1-3H3,(H,34,38)(H,35,36). The van der Waals surface area contributed by atoms with Crippen LogP contribution in [-0.2, 0) is 22.5 Å². The summed E-state index contributed by atoms with van der Waals surface area (Å²) in [5, 5.41) is 10.9. The van der Waals surface area contributed by atoms with Crippen LogP contribution in [0.2, 0.25) is 5.02 Å². The van der Waals surface area contributed by atoms with Crippen LogP contribution in [-0.4, -0.2) is 61.0 Å². The number of halogens is 1. The molecular formula is C32H35ClN4O5. The van der Waals surface area contributed by atoms with Gasteiger partial charge in [-0.2, -0.15) is 5.10 Å². The highest BCUT2D eigenvalue weighted by Crippen LogP contribution is 2.36. The van der Waals surface area contributed by atoms with Crippen molar-refractivity contribution in [1.82, 2.24) is 15.1 Å². The molecule has 0 unspecified atom stereocenters. The van der Waals surface area contributed by atoms with Crippen LogP contribution in [0.15, 0.2) is 60.7 Å². The number of rotatable bonds is 5. The minimum absolute atomic E-state index is 0.143. The Kier molecular flexibility index (Phi) is 9.63. The van der Waals surface area contributed by atoms with Crippen molar-refractivity contribution < 1.29 is 23.7 Å². The molecular weight excluding hydrogens is 556 g/mol. The molecule has 3 aromatic carbocycles. The minimum atomic E-state index is -0.195. The lowest BCUT2D eigenvalue weighted by Crippen LogP contribution is -2.35. The van der Waals surface area contributed by atoms with Crippen molar-refractivity contribution in [2.45, 2.75) is 26.8 Å². The molecule has 0 spiro atoms. The topological polar surface area (TPSA) is 97.9 Å². The van der Waals surface area contributed by atoms with E-state index in [9.17, 15) is 4.79 Å². The van der Waals surface area contributed by atoms with Crippen LogP contribution in [0.5, 0.6) is 23.0 Å². The summed E-state index contributed by atoms with van der Waals surface area (Å²) in [7, 11) is 1.68. The third-order valence-corrected chi connectivity index (χ3v) is 7.32. The Morgan fingerprint density at radius 2 is 1.83 bits per heavy atom. The summed E-state index contributed by atoms with van der Waals surface area (Å²) in [5.74, 6) is 2.20. The van der Waals surface area contributed by atoms with Gasteiger partial charge in [-0.1, -0.05) is 35.9 Å². The van der Waals surface area contributed by atoms with Gasteiger partial charge < -0.3 is 24.3 Å². The van der Waals surface area contributed by atoms with Crippen LogP contribution >= 0.6 is 11.6 Å². The zero-order valence-corrected chi connectivity index (χ0v) is 24.8. The molecule has 5 rings (SSSR count). The van der Waals surface area contributed by atoms with E-state index in [4.69, 9.17) is 30.5 Å². The molecule has 10 heteroatoms. The third kappa shape index (κ3) is 7.42. The first kappa shape index (κ1) is 29.4. The average Bonchev–Trinajstić information content (AvgIpc) is 3.28. The maximum atomic E-state index is 13.3. The lowest BCUT2D eigenvalue weighted by molar-refractivity contribution is -0.117. The van der Waals surface area contributed by atoms with Crippen LogP contribution in [0.4, 0.5) is 5.69 Å². The van der Waals surface area contributed by atoms with Gasteiger partial charge >= 0.3 is 0 Å². The molecule has 0 fully saturated rings. The Balaban J connectivity index is 1.37. The van der Waals surface area contributed by atoms with Gasteiger partial charge in [0.15, 0.2) is 17.2 Å². The van der Waals surface area contributed by atoms with Gasteiger partial charge in [-0.25, -0.2) is 0 Å². The quantitative estimate of drug-likeness (QED) is 0.298. The second-order valence-electron chi connectivity index (χ2n) is 10.1. The van der Waals surface area contributed by atoms with Crippen molar-refractivity contribution in [3.05, 3.63) is 93.8 Å². The van der Waals surface area contributed by atoms with E-state index in [2.05, 4.69) is 26.5 Å². The highest BCUT2D eigenvalue weighted by atomic mass is 35.5. The Morgan fingerprint density at radius 1 is 1.00 bits per heavy atom. The number of benzene rings is 3. The van der Waals surface area contributed by atoms with Crippen molar-refractivity contribution in [2.75, 3.05) is 45.3 Å². The number of para-hydroxylation sites is 2. The van der Waals surface area contributed by atoms with E-state index >= 15 is 0 Å². The number of carbonyl (C=O) groups excluding carboxylic acids is 1. The number of aromatic amines is 1. The van der Waals surface area contributed by atoms with E-state index in [1.54, 1.807) is 25.3 Å². The van der Waals surface area contributed by atoms with Crippen molar-refractivity contribution in [2.24, 2.45) is 0 Å². The highest BCUT2D eigenvalue weighted by molar-refractivity contribution is 6.31. The molecule has 0 bridgehead atoms. The fraction of sp³-hybridized carbons (Fsp3) is 0.312. The number of ether oxygens (including phenoxy) is 4. The second kappa shape index (κ2) is 13.7. The first-order valence-corrected chi connectivity index (χ1v) is 14.2. The van der Waals surface area contributed by atoms with Crippen LogP contribution in [0.1, 0.15) is 28.1 Å².